The Morgan fingerprint density at radius 1 is 1.12 bits per heavy atom. The Balaban J connectivity index is 1.72. The molecule has 1 fully saturated rings. The van der Waals surface area contributed by atoms with E-state index in [1.165, 1.54) is 13.3 Å². The Hall–Kier alpha value is -2.37. The fourth-order valence-electron chi connectivity index (χ4n) is 3.05. The summed E-state index contributed by atoms with van der Waals surface area (Å²) >= 11 is 0. The van der Waals surface area contributed by atoms with Crippen molar-refractivity contribution in [3.8, 4) is 0 Å². The molecule has 1 aliphatic rings. The van der Waals surface area contributed by atoms with Gasteiger partial charge in [-0.2, -0.15) is 0 Å². The molecule has 0 unspecified atom stereocenters. The zero-order valence-electron chi connectivity index (χ0n) is 14.8. The monoisotopic (exact) mass is 346 g/mol. The lowest BCUT2D eigenvalue weighted by Gasteiger charge is -2.29. The fourth-order valence-corrected chi connectivity index (χ4v) is 3.05. The van der Waals surface area contributed by atoms with Crippen LogP contribution in [0.25, 0.3) is 0 Å². The van der Waals surface area contributed by atoms with E-state index < -0.39 is 5.97 Å². The third kappa shape index (κ3) is 6.57. The number of carbonyl (C=O) groups excluding carboxylic acids is 3. The van der Waals surface area contributed by atoms with E-state index in [0.29, 0.717) is 11.6 Å². The summed E-state index contributed by atoms with van der Waals surface area (Å²) in [7, 11) is 0. The summed E-state index contributed by atoms with van der Waals surface area (Å²) in [5.41, 5.74) is 1.44. The van der Waals surface area contributed by atoms with Gasteiger partial charge in [-0.3, -0.25) is 14.4 Å². The molecule has 1 aliphatic carbocycles. The Bertz CT molecular complexity index is 612. The molecular weight excluding hydrogens is 320 g/mol. The first-order chi connectivity index (χ1) is 11.9. The average Bonchev–Trinajstić information content (AvgIpc) is 2.56. The lowest BCUT2D eigenvalue weighted by Crippen LogP contribution is -2.42. The van der Waals surface area contributed by atoms with Gasteiger partial charge in [0.2, 0.25) is 5.91 Å². The van der Waals surface area contributed by atoms with Crippen LogP contribution in [0.2, 0.25) is 0 Å². The molecule has 2 rings (SSSR count). The minimum Gasteiger partial charge on any atom is -0.455 e. The van der Waals surface area contributed by atoms with Gasteiger partial charge >= 0.3 is 5.97 Å². The summed E-state index contributed by atoms with van der Waals surface area (Å²) in [6.07, 6.45) is 4.54. The number of hydrogen-bond acceptors (Lipinski definition) is 4. The first-order valence-electron chi connectivity index (χ1n) is 8.75. The molecule has 1 saturated carbocycles. The van der Waals surface area contributed by atoms with Crippen LogP contribution in [0.3, 0.4) is 0 Å². The summed E-state index contributed by atoms with van der Waals surface area (Å²) < 4.78 is 5.06. The first-order valence-corrected chi connectivity index (χ1v) is 8.75. The van der Waals surface area contributed by atoms with Crippen molar-refractivity contribution in [1.82, 2.24) is 5.32 Å². The van der Waals surface area contributed by atoms with Gasteiger partial charge in [-0.15, -0.1) is 0 Å². The van der Waals surface area contributed by atoms with Gasteiger partial charge in [-0.25, -0.2) is 0 Å². The van der Waals surface area contributed by atoms with Crippen molar-refractivity contribution in [3.05, 3.63) is 29.8 Å². The van der Waals surface area contributed by atoms with Crippen molar-refractivity contribution in [3.63, 3.8) is 0 Å². The summed E-state index contributed by atoms with van der Waals surface area (Å²) in [6.45, 7) is 3.33. The van der Waals surface area contributed by atoms with Crippen LogP contribution in [0.15, 0.2) is 24.3 Å². The van der Waals surface area contributed by atoms with E-state index in [1.807, 2.05) is 0 Å². The SMILES string of the molecule is CC(=O)Nc1ccc(CC(=O)OCC(=O)N[C@H]2CCCC[C@H]2C)cc1. The quantitative estimate of drug-likeness (QED) is 0.775. The van der Waals surface area contributed by atoms with Crippen molar-refractivity contribution in [2.75, 3.05) is 11.9 Å². The molecule has 2 amide bonds. The summed E-state index contributed by atoms with van der Waals surface area (Å²) in [4.78, 5) is 34.8. The number of nitrogens with one attached hydrogen (secondary N) is 2. The minimum absolute atomic E-state index is 0.0907. The maximum Gasteiger partial charge on any atom is 0.310 e. The first kappa shape index (κ1) is 19.0. The minimum atomic E-state index is -0.445. The van der Waals surface area contributed by atoms with Crippen LogP contribution in [0.1, 0.15) is 45.1 Å². The van der Waals surface area contributed by atoms with Gasteiger partial charge in [-0.05, 0) is 36.5 Å². The van der Waals surface area contributed by atoms with Crippen LogP contribution >= 0.6 is 0 Å². The molecule has 0 aliphatic heterocycles. The second-order valence-electron chi connectivity index (χ2n) is 6.65. The number of rotatable bonds is 6. The predicted octanol–water partition coefficient (Wildman–Crippen LogP) is 2.43. The highest BCUT2D eigenvalue weighted by Gasteiger charge is 2.23. The molecule has 0 heterocycles. The molecule has 0 saturated heterocycles. The normalized spacial score (nSPS) is 19.8. The number of anilines is 1. The number of carbonyl (C=O) groups is 3. The number of amides is 2. The van der Waals surface area contributed by atoms with E-state index in [2.05, 4.69) is 17.6 Å². The van der Waals surface area contributed by atoms with E-state index in [1.54, 1.807) is 24.3 Å². The molecule has 25 heavy (non-hydrogen) atoms. The molecule has 0 spiro atoms. The largest absolute Gasteiger partial charge is 0.455 e. The highest BCUT2D eigenvalue weighted by molar-refractivity contribution is 5.88. The van der Waals surface area contributed by atoms with Gasteiger partial charge in [0.25, 0.3) is 5.91 Å². The van der Waals surface area contributed by atoms with E-state index in [9.17, 15) is 14.4 Å². The Morgan fingerprint density at radius 2 is 1.80 bits per heavy atom. The lowest BCUT2D eigenvalue weighted by atomic mass is 9.86. The molecule has 2 atom stereocenters. The van der Waals surface area contributed by atoms with Gasteiger partial charge in [0, 0.05) is 18.7 Å². The molecule has 136 valence electrons. The van der Waals surface area contributed by atoms with Crippen LogP contribution in [0.5, 0.6) is 0 Å². The molecule has 2 N–H and O–H groups in total. The molecule has 1 aromatic rings. The van der Waals surface area contributed by atoms with E-state index in [-0.39, 0.29) is 30.9 Å². The van der Waals surface area contributed by atoms with Gasteiger partial charge in [0.1, 0.15) is 0 Å². The van der Waals surface area contributed by atoms with Crippen LogP contribution in [-0.4, -0.2) is 30.4 Å². The number of ether oxygens (including phenoxy) is 1. The van der Waals surface area contributed by atoms with Crippen LogP contribution < -0.4 is 10.6 Å². The Kier molecular flexibility index (Phi) is 6.98. The van der Waals surface area contributed by atoms with Crippen LogP contribution in [-0.2, 0) is 25.5 Å². The number of benzene rings is 1. The molecule has 1 aromatic carbocycles. The fraction of sp³-hybridized carbons (Fsp3) is 0.526. The van der Waals surface area contributed by atoms with Crippen molar-refractivity contribution < 1.29 is 19.1 Å². The third-order valence-electron chi connectivity index (χ3n) is 4.44. The third-order valence-corrected chi connectivity index (χ3v) is 4.44. The summed E-state index contributed by atoms with van der Waals surface area (Å²) in [6, 6.07) is 7.12. The van der Waals surface area contributed by atoms with Crippen molar-refractivity contribution in [2.24, 2.45) is 5.92 Å². The molecule has 0 bridgehead atoms. The maximum atomic E-state index is 11.9. The molecule has 0 radical (unpaired) electrons. The summed E-state index contributed by atoms with van der Waals surface area (Å²) in [5.74, 6) is -0.367. The molecule has 6 nitrogen and oxygen atoms in total. The van der Waals surface area contributed by atoms with Crippen LogP contribution in [0, 0.1) is 5.92 Å². The van der Waals surface area contributed by atoms with Crippen LogP contribution in [0.4, 0.5) is 5.69 Å². The Labute approximate surface area is 148 Å². The smallest absolute Gasteiger partial charge is 0.310 e. The van der Waals surface area contributed by atoms with E-state index in [4.69, 9.17) is 4.74 Å². The van der Waals surface area contributed by atoms with Gasteiger partial charge in [0.15, 0.2) is 6.61 Å². The predicted molar refractivity (Wildman–Crippen MR) is 95.0 cm³/mol. The summed E-state index contributed by atoms with van der Waals surface area (Å²) in [5, 5.41) is 5.62. The average molecular weight is 346 g/mol. The van der Waals surface area contributed by atoms with Crippen molar-refractivity contribution in [1.29, 1.82) is 0 Å². The topological polar surface area (TPSA) is 84.5 Å². The maximum absolute atomic E-state index is 11.9. The highest BCUT2D eigenvalue weighted by atomic mass is 16.5. The second-order valence-corrected chi connectivity index (χ2v) is 6.65. The van der Waals surface area contributed by atoms with Gasteiger partial charge in [-0.1, -0.05) is 31.9 Å². The van der Waals surface area contributed by atoms with Gasteiger partial charge in [0.05, 0.1) is 6.42 Å². The lowest BCUT2D eigenvalue weighted by molar-refractivity contribution is -0.148. The zero-order valence-corrected chi connectivity index (χ0v) is 14.8. The van der Waals surface area contributed by atoms with Crippen molar-refractivity contribution in [2.45, 2.75) is 52.0 Å². The highest BCUT2D eigenvalue weighted by Crippen LogP contribution is 2.23. The number of hydrogen-bond donors (Lipinski definition) is 2. The second kappa shape index (κ2) is 9.20. The number of esters is 1. The zero-order chi connectivity index (χ0) is 18.2. The van der Waals surface area contributed by atoms with E-state index >= 15 is 0 Å². The standard InChI is InChI=1S/C19H26N2O4/c1-13-5-3-4-6-17(13)21-18(23)12-25-19(24)11-15-7-9-16(10-8-15)20-14(2)22/h7-10,13,17H,3-6,11-12H2,1-2H3,(H,20,22)(H,21,23)/t13-,17+/m1/s1. The molecular formula is C19H26N2O4. The van der Waals surface area contributed by atoms with Crippen molar-refractivity contribution >= 4 is 23.5 Å². The van der Waals surface area contributed by atoms with E-state index in [0.717, 1.165) is 24.8 Å². The Morgan fingerprint density at radius 3 is 2.44 bits per heavy atom. The van der Waals surface area contributed by atoms with Gasteiger partial charge < -0.3 is 15.4 Å². The molecule has 6 heteroatoms. The molecule has 0 aromatic heterocycles.